The largest absolute Gasteiger partial charge is 0.435 e. The minimum absolute atomic E-state index is 0.0613. The van der Waals surface area contributed by atoms with Gasteiger partial charge in [-0.2, -0.15) is 13.2 Å². The van der Waals surface area contributed by atoms with Crippen molar-refractivity contribution in [1.82, 2.24) is 4.98 Å². The maximum atomic E-state index is 13.4. The summed E-state index contributed by atoms with van der Waals surface area (Å²) in [5.41, 5.74) is 0.798. The molecule has 28 heavy (non-hydrogen) atoms. The summed E-state index contributed by atoms with van der Waals surface area (Å²) < 4.78 is 40.3. The molecule has 0 atom stereocenters. The van der Waals surface area contributed by atoms with Gasteiger partial charge >= 0.3 is 6.18 Å². The van der Waals surface area contributed by atoms with Crippen LogP contribution in [0.5, 0.6) is 0 Å². The number of aromatic nitrogens is 1. The molecule has 0 aliphatic rings. The van der Waals surface area contributed by atoms with Crippen molar-refractivity contribution in [3.8, 4) is 10.6 Å². The molecular weight excluding hydrogens is 385 g/mol. The fourth-order valence-electron chi connectivity index (χ4n) is 2.61. The van der Waals surface area contributed by atoms with Crippen molar-refractivity contribution in [1.29, 1.82) is 0 Å². The van der Waals surface area contributed by atoms with Gasteiger partial charge in [0.25, 0.3) is 5.91 Å². The van der Waals surface area contributed by atoms with E-state index in [1.165, 1.54) is 0 Å². The number of nitrogens with one attached hydrogen (secondary N) is 1. The van der Waals surface area contributed by atoms with Crippen LogP contribution in [0.1, 0.15) is 41.7 Å². The number of carbonyl (C=O) groups is 1. The summed E-state index contributed by atoms with van der Waals surface area (Å²) in [7, 11) is 0. The Bertz CT molecular complexity index is 972. The normalized spacial score (nSPS) is 12.1. The number of halogens is 3. The highest BCUT2D eigenvalue weighted by Crippen LogP contribution is 2.38. The Morgan fingerprint density at radius 3 is 2.11 bits per heavy atom. The van der Waals surface area contributed by atoms with Crippen LogP contribution < -0.4 is 5.32 Å². The van der Waals surface area contributed by atoms with E-state index in [0.29, 0.717) is 11.3 Å². The summed E-state index contributed by atoms with van der Waals surface area (Å²) in [6, 6.07) is 15.6. The van der Waals surface area contributed by atoms with E-state index < -0.39 is 22.7 Å². The van der Waals surface area contributed by atoms with Gasteiger partial charge in [0, 0.05) is 11.3 Å². The van der Waals surface area contributed by atoms with Crippen molar-refractivity contribution < 1.29 is 18.0 Å². The predicted octanol–water partition coefficient (Wildman–Crippen LogP) is 6.38. The van der Waals surface area contributed by atoms with Crippen molar-refractivity contribution >= 4 is 22.9 Å². The Kier molecular flexibility index (Phi) is 5.30. The van der Waals surface area contributed by atoms with E-state index in [-0.39, 0.29) is 10.4 Å². The lowest BCUT2D eigenvalue weighted by molar-refractivity contribution is -0.140. The van der Waals surface area contributed by atoms with Crippen LogP contribution in [0.3, 0.4) is 0 Å². The fourth-order valence-corrected chi connectivity index (χ4v) is 3.60. The average Bonchev–Trinajstić information content (AvgIpc) is 3.08. The molecule has 1 heterocycles. The molecule has 0 fully saturated rings. The quantitative estimate of drug-likeness (QED) is 0.550. The molecule has 1 amide bonds. The first-order valence-electron chi connectivity index (χ1n) is 8.61. The first-order valence-corrected chi connectivity index (χ1v) is 9.43. The highest BCUT2D eigenvalue weighted by molar-refractivity contribution is 7.17. The van der Waals surface area contributed by atoms with Gasteiger partial charge in [-0.05, 0) is 23.1 Å². The van der Waals surface area contributed by atoms with E-state index in [1.54, 1.807) is 42.5 Å². The summed E-state index contributed by atoms with van der Waals surface area (Å²) in [4.78, 5) is 15.8. The van der Waals surface area contributed by atoms with Gasteiger partial charge in [-0.3, -0.25) is 4.79 Å². The topological polar surface area (TPSA) is 42.0 Å². The monoisotopic (exact) mass is 404 g/mol. The highest BCUT2D eigenvalue weighted by atomic mass is 32.1. The zero-order valence-electron chi connectivity index (χ0n) is 15.6. The molecule has 0 unspecified atom stereocenters. The van der Waals surface area contributed by atoms with Gasteiger partial charge in [0.2, 0.25) is 0 Å². The third kappa shape index (κ3) is 4.42. The SMILES string of the molecule is CC(C)(C)c1ccc(NC(=O)c2sc(-c3ccccc3)nc2C(F)(F)F)cc1. The molecule has 0 aliphatic carbocycles. The molecule has 1 aromatic heterocycles. The minimum Gasteiger partial charge on any atom is -0.321 e. The van der Waals surface area contributed by atoms with Crippen LogP contribution in [0.4, 0.5) is 18.9 Å². The van der Waals surface area contributed by atoms with Gasteiger partial charge in [0.1, 0.15) is 9.88 Å². The van der Waals surface area contributed by atoms with Crippen molar-refractivity contribution in [2.45, 2.75) is 32.4 Å². The number of carbonyl (C=O) groups excluding carboxylic acids is 1. The number of anilines is 1. The molecule has 0 radical (unpaired) electrons. The van der Waals surface area contributed by atoms with E-state index in [1.807, 2.05) is 12.1 Å². The maximum Gasteiger partial charge on any atom is 0.435 e. The average molecular weight is 404 g/mol. The second kappa shape index (κ2) is 7.39. The Labute approximate surface area is 165 Å². The predicted molar refractivity (Wildman–Crippen MR) is 106 cm³/mol. The number of rotatable bonds is 3. The Balaban J connectivity index is 1.91. The van der Waals surface area contributed by atoms with Crippen molar-refractivity contribution in [3.05, 3.63) is 70.7 Å². The van der Waals surface area contributed by atoms with Gasteiger partial charge in [-0.15, -0.1) is 11.3 Å². The third-order valence-corrected chi connectivity index (χ3v) is 5.23. The zero-order chi connectivity index (χ0) is 20.5. The summed E-state index contributed by atoms with van der Waals surface area (Å²) in [6.45, 7) is 6.16. The summed E-state index contributed by atoms with van der Waals surface area (Å²) in [5, 5.41) is 2.70. The van der Waals surface area contributed by atoms with Crippen LogP contribution in [-0.2, 0) is 11.6 Å². The number of hydrogen-bond acceptors (Lipinski definition) is 3. The van der Waals surface area contributed by atoms with E-state index in [0.717, 1.165) is 16.9 Å². The number of nitrogens with zero attached hydrogens (tertiary/aromatic N) is 1. The van der Waals surface area contributed by atoms with Crippen LogP contribution in [0, 0.1) is 0 Å². The molecule has 0 saturated carbocycles. The Hall–Kier alpha value is -2.67. The number of thiazole rings is 1. The number of amides is 1. The standard InChI is InChI=1S/C21H19F3N2OS/c1-20(2,3)14-9-11-15(12-10-14)25-18(27)16-17(21(22,23)24)26-19(28-16)13-7-5-4-6-8-13/h4-12H,1-3H3,(H,25,27). The van der Waals surface area contributed by atoms with Gasteiger partial charge in [-0.25, -0.2) is 4.98 Å². The highest BCUT2D eigenvalue weighted by Gasteiger charge is 2.39. The van der Waals surface area contributed by atoms with E-state index in [4.69, 9.17) is 0 Å². The lowest BCUT2D eigenvalue weighted by Crippen LogP contribution is -2.17. The van der Waals surface area contributed by atoms with Crippen LogP contribution >= 0.6 is 11.3 Å². The lowest BCUT2D eigenvalue weighted by Gasteiger charge is -2.19. The minimum atomic E-state index is -4.72. The van der Waals surface area contributed by atoms with E-state index >= 15 is 0 Å². The lowest BCUT2D eigenvalue weighted by atomic mass is 9.87. The number of alkyl halides is 3. The molecule has 3 rings (SSSR count). The molecule has 0 aliphatic heterocycles. The molecule has 7 heteroatoms. The second-order valence-corrected chi connectivity index (χ2v) is 8.34. The van der Waals surface area contributed by atoms with Crippen LogP contribution in [0.25, 0.3) is 10.6 Å². The summed E-state index contributed by atoms with van der Waals surface area (Å²) >= 11 is 0.731. The second-order valence-electron chi connectivity index (χ2n) is 7.34. The molecule has 2 aromatic carbocycles. The summed E-state index contributed by atoms with van der Waals surface area (Å²) in [5.74, 6) is -0.824. The van der Waals surface area contributed by atoms with Crippen molar-refractivity contribution in [2.75, 3.05) is 5.32 Å². The van der Waals surface area contributed by atoms with Crippen LogP contribution in [-0.4, -0.2) is 10.9 Å². The molecule has 0 bridgehead atoms. The van der Waals surface area contributed by atoms with Gasteiger partial charge in [0.15, 0.2) is 5.69 Å². The molecule has 0 spiro atoms. The zero-order valence-corrected chi connectivity index (χ0v) is 16.4. The molecular formula is C21H19F3N2OS. The molecule has 1 N–H and O–H groups in total. The fraction of sp³-hybridized carbons (Fsp3) is 0.238. The first-order chi connectivity index (χ1) is 13.1. The van der Waals surface area contributed by atoms with Gasteiger partial charge < -0.3 is 5.32 Å². The number of benzene rings is 2. The van der Waals surface area contributed by atoms with Gasteiger partial charge in [0.05, 0.1) is 0 Å². The maximum absolute atomic E-state index is 13.4. The van der Waals surface area contributed by atoms with Crippen LogP contribution in [0.15, 0.2) is 54.6 Å². The Morgan fingerprint density at radius 1 is 0.964 bits per heavy atom. The van der Waals surface area contributed by atoms with Crippen molar-refractivity contribution in [3.63, 3.8) is 0 Å². The summed E-state index contributed by atoms with van der Waals surface area (Å²) in [6.07, 6.45) is -4.72. The molecule has 0 saturated heterocycles. The molecule has 3 nitrogen and oxygen atoms in total. The van der Waals surface area contributed by atoms with E-state index in [9.17, 15) is 18.0 Å². The molecule has 146 valence electrons. The van der Waals surface area contributed by atoms with Crippen LogP contribution in [0.2, 0.25) is 0 Å². The van der Waals surface area contributed by atoms with E-state index in [2.05, 4.69) is 31.1 Å². The number of hydrogen-bond donors (Lipinski definition) is 1. The smallest absolute Gasteiger partial charge is 0.321 e. The van der Waals surface area contributed by atoms with Crippen molar-refractivity contribution in [2.24, 2.45) is 0 Å². The molecule has 3 aromatic rings. The van der Waals surface area contributed by atoms with Gasteiger partial charge in [-0.1, -0.05) is 63.2 Å². The Morgan fingerprint density at radius 2 is 1.57 bits per heavy atom. The first kappa shape index (κ1) is 20.1. The third-order valence-electron chi connectivity index (χ3n) is 4.13.